The summed E-state index contributed by atoms with van der Waals surface area (Å²) in [5.41, 5.74) is 0.523. The maximum absolute atomic E-state index is 13.2. The van der Waals surface area contributed by atoms with E-state index in [0.29, 0.717) is 5.56 Å². The van der Waals surface area contributed by atoms with Crippen molar-refractivity contribution in [3.05, 3.63) is 52.9 Å². The monoisotopic (exact) mass is 488 g/mol. The van der Waals surface area contributed by atoms with Crippen LogP contribution in [0.4, 0.5) is 0 Å². The van der Waals surface area contributed by atoms with Gasteiger partial charge in [-0.1, -0.05) is 12.1 Å². The van der Waals surface area contributed by atoms with Gasteiger partial charge in [0.1, 0.15) is 65.5 Å². The van der Waals surface area contributed by atoms with Gasteiger partial charge in [0.05, 0.1) is 12.7 Å². The van der Waals surface area contributed by atoms with Gasteiger partial charge in [0.25, 0.3) is 0 Å². The zero-order chi connectivity index (χ0) is 25.3. The van der Waals surface area contributed by atoms with E-state index in [-0.39, 0.29) is 45.8 Å². The van der Waals surface area contributed by atoms with E-state index in [2.05, 4.69) is 0 Å². The number of aromatic hydroxyl groups is 1. The molecule has 11 heteroatoms. The zero-order valence-electron chi connectivity index (χ0n) is 18.8. The van der Waals surface area contributed by atoms with Gasteiger partial charge in [0, 0.05) is 19.1 Å². The molecule has 0 saturated carbocycles. The number of hydrogen-bond donors (Lipinski definition) is 4. The largest absolute Gasteiger partial charge is 0.508 e. The molecule has 2 heterocycles. The van der Waals surface area contributed by atoms with Crippen LogP contribution in [0.5, 0.6) is 17.2 Å². The van der Waals surface area contributed by atoms with Crippen molar-refractivity contribution in [3.63, 3.8) is 0 Å². The summed E-state index contributed by atoms with van der Waals surface area (Å²) in [6.07, 6.45) is -6.13. The van der Waals surface area contributed by atoms with Crippen LogP contribution in [0.2, 0.25) is 0 Å². The van der Waals surface area contributed by atoms with E-state index in [1.165, 1.54) is 44.6 Å². The highest BCUT2D eigenvalue weighted by Crippen LogP contribution is 2.33. The maximum atomic E-state index is 13.2. The van der Waals surface area contributed by atoms with Gasteiger partial charge < -0.3 is 43.8 Å². The molecule has 0 amide bonds. The number of esters is 1. The molecule has 0 spiro atoms. The van der Waals surface area contributed by atoms with Gasteiger partial charge in [-0.3, -0.25) is 9.59 Å². The number of phenols is 1. The average molecular weight is 488 g/mol. The number of phenolic OH excluding ortho intramolecular Hbond substituents is 1. The minimum atomic E-state index is -1.64. The van der Waals surface area contributed by atoms with Gasteiger partial charge in [-0.15, -0.1) is 0 Å². The summed E-state index contributed by atoms with van der Waals surface area (Å²) in [6.45, 7) is 0.812. The minimum Gasteiger partial charge on any atom is -0.508 e. The van der Waals surface area contributed by atoms with E-state index in [0.717, 1.165) is 0 Å². The lowest BCUT2D eigenvalue weighted by molar-refractivity contribution is -0.278. The molecule has 1 aromatic heterocycles. The Hall–Kier alpha value is -3.64. The second-order valence-electron chi connectivity index (χ2n) is 7.96. The predicted molar refractivity (Wildman–Crippen MR) is 120 cm³/mol. The van der Waals surface area contributed by atoms with Crippen LogP contribution in [-0.4, -0.2) is 70.8 Å². The Balaban J connectivity index is 1.66. The van der Waals surface area contributed by atoms with Crippen molar-refractivity contribution in [2.75, 3.05) is 13.7 Å². The number of hydrogen-bond acceptors (Lipinski definition) is 11. The van der Waals surface area contributed by atoms with Crippen molar-refractivity contribution in [2.45, 2.75) is 37.6 Å². The number of methoxy groups -OCH3 is 1. The molecular formula is C24H24O11. The fraction of sp³-hybridized carbons (Fsp3) is 0.333. The van der Waals surface area contributed by atoms with Crippen LogP contribution < -0.4 is 14.9 Å². The fourth-order valence-corrected chi connectivity index (χ4v) is 3.75. The summed E-state index contributed by atoms with van der Waals surface area (Å²) in [5, 5.41) is 40.3. The normalized spacial score (nSPS) is 24.2. The number of carbonyl (C=O) groups is 1. The van der Waals surface area contributed by atoms with E-state index in [4.69, 9.17) is 23.4 Å². The van der Waals surface area contributed by atoms with Gasteiger partial charge >= 0.3 is 5.97 Å². The van der Waals surface area contributed by atoms with Crippen LogP contribution in [0.15, 0.2) is 51.9 Å². The first kappa shape index (κ1) is 24.5. The molecule has 0 aliphatic carbocycles. The van der Waals surface area contributed by atoms with Gasteiger partial charge in [0.15, 0.2) is 0 Å². The summed E-state index contributed by atoms with van der Waals surface area (Å²) in [7, 11) is 1.35. The van der Waals surface area contributed by atoms with Gasteiger partial charge in [0.2, 0.25) is 11.7 Å². The molecule has 2 aromatic carbocycles. The Morgan fingerprint density at radius 3 is 2.43 bits per heavy atom. The van der Waals surface area contributed by atoms with Crippen LogP contribution in [0.3, 0.4) is 0 Å². The molecule has 1 saturated heterocycles. The van der Waals surface area contributed by atoms with E-state index >= 15 is 0 Å². The van der Waals surface area contributed by atoms with E-state index < -0.39 is 36.7 Å². The Bertz CT molecular complexity index is 1270. The van der Waals surface area contributed by atoms with Crippen LogP contribution in [-0.2, 0) is 14.3 Å². The Kier molecular flexibility index (Phi) is 6.94. The summed E-state index contributed by atoms with van der Waals surface area (Å²) in [5.74, 6) is -0.360. The summed E-state index contributed by atoms with van der Waals surface area (Å²) in [4.78, 5) is 24.3. The highest BCUT2D eigenvalue weighted by Gasteiger charge is 2.45. The number of aliphatic hydroxyl groups is 3. The molecule has 0 radical (unpaired) electrons. The van der Waals surface area contributed by atoms with Crippen LogP contribution in [0.25, 0.3) is 22.1 Å². The van der Waals surface area contributed by atoms with Gasteiger partial charge in [-0.25, -0.2) is 0 Å². The minimum absolute atomic E-state index is 0.0538. The third kappa shape index (κ3) is 4.93. The lowest BCUT2D eigenvalue weighted by Gasteiger charge is -2.39. The molecule has 1 aliphatic rings. The average Bonchev–Trinajstić information content (AvgIpc) is 2.84. The first-order valence-corrected chi connectivity index (χ1v) is 10.6. The second-order valence-corrected chi connectivity index (χ2v) is 7.96. The molecule has 35 heavy (non-hydrogen) atoms. The molecule has 186 valence electrons. The number of carbonyl (C=O) groups excluding carboxylic acids is 1. The molecule has 3 aromatic rings. The second kappa shape index (κ2) is 9.92. The van der Waals surface area contributed by atoms with Crippen molar-refractivity contribution in [2.24, 2.45) is 0 Å². The van der Waals surface area contributed by atoms with Crippen LogP contribution in [0, 0.1) is 0 Å². The molecule has 5 atom stereocenters. The molecular weight excluding hydrogens is 464 g/mol. The highest BCUT2D eigenvalue weighted by molar-refractivity contribution is 5.88. The number of benzene rings is 2. The smallest absolute Gasteiger partial charge is 0.302 e. The van der Waals surface area contributed by atoms with E-state index in [1.54, 1.807) is 12.1 Å². The van der Waals surface area contributed by atoms with Crippen LogP contribution in [0.1, 0.15) is 6.92 Å². The first-order valence-electron chi connectivity index (χ1n) is 10.6. The van der Waals surface area contributed by atoms with Crippen molar-refractivity contribution in [3.8, 4) is 28.4 Å². The van der Waals surface area contributed by atoms with Crippen molar-refractivity contribution in [1.29, 1.82) is 0 Å². The van der Waals surface area contributed by atoms with Gasteiger partial charge in [-0.05, 0) is 17.7 Å². The maximum Gasteiger partial charge on any atom is 0.302 e. The Morgan fingerprint density at radius 1 is 1.06 bits per heavy atom. The Labute approximate surface area is 198 Å². The Morgan fingerprint density at radius 2 is 1.77 bits per heavy atom. The van der Waals surface area contributed by atoms with Gasteiger partial charge in [-0.2, -0.15) is 0 Å². The fourth-order valence-electron chi connectivity index (χ4n) is 3.75. The summed E-state index contributed by atoms with van der Waals surface area (Å²) < 4.78 is 27.1. The third-order valence-electron chi connectivity index (χ3n) is 5.58. The number of aliphatic hydroxyl groups excluding tert-OH is 3. The summed E-state index contributed by atoms with van der Waals surface area (Å²) >= 11 is 0. The molecule has 0 bridgehead atoms. The lowest BCUT2D eigenvalue weighted by atomic mass is 9.99. The lowest BCUT2D eigenvalue weighted by Crippen LogP contribution is -2.60. The SMILES string of the molecule is COc1cc(O[C@@H]2O[C@H](COC(C)=O)[C@@H](O)[C@H](O)[C@H]2O)cc2occ(-c3ccc(O)cc3)c(=O)c12. The summed E-state index contributed by atoms with van der Waals surface area (Å²) in [6, 6.07) is 8.81. The predicted octanol–water partition coefficient (Wildman–Crippen LogP) is 0.924. The molecule has 1 fully saturated rings. The van der Waals surface area contributed by atoms with Crippen LogP contribution >= 0.6 is 0 Å². The van der Waals surface area contributed by atoms with E-state index in [1.807, 2.05) is 0 Å². The molecule has 0 unspecified atom stereocenters. The van der Waals surface area contributed by atoms with E-state index in [9.17, 15) is 30.0 Å². The molecule has 11 nitrogen and oxygen atoms in total. The molecule has 4 rings (SSSR count). The zero-order valence-corrected chi connectivity index (χ0v) is 18.8. The highest BCUT2D eigenvalue weighted by atomic mass is 16.7. The topological polar surface area (TPSA) is 165 Å². The number of fused-ring (bicyclic) bond motifs is 1. The first-order chi connectivity index (χ1) is 16.7. The van der Waals surface area contributed by atoms with Crippen molar-refractivity contribution < 1.29 is 48.6 Å². The van der Waals surface area contributed by atoms with Crippen molar-refractivity contribution in [1.82, 2.24) is 0 Å². The molecule has 4 N–H and O–H groups in total. The quantitative estimate of drug-likeness (QED) is 0.365. The van der Waals surface area contributed by atoms with Crippen molar-refractivity contribution >= 4 is 16.9 Å². The molecule has 1 aliphatic heterocycles. The number of rotatable bonds is 6. The third-order valence-corrected chi connectivity index (χ3v) is 5.58. The standard InChI is InChI=1S/C24H24O11/c1-11(25)32-10-18-21(28)22(29)23(30)24(35-18)34-14-7-16(31-2)19-17(8-14)33-9-15(20(19)27)12-3-5-13(26)6-4-12/h3-9,18,21-24,26,28-30H,10H2,1-2H3/t18-,21-,22+,23-,24-/m1/s1. The number of ether oxygens (including phenoxy) is 4.